The van der Waals surface area contributed by atoms with Gasteiger partial charge in [-0.25, -0.2) is 4.79 Å². The molecule has 1 aromatic rings. The SMILES string of the molecule is O=c1ccn([C@H]2S[C@@H](CO)[C@H](O)[C@H]2O)c(=O)[nH]1. The van der Waals surface area contributed by atoms with Crippen LogP contribution in [0.5, 0.6) is 0 Å². The van der Waals surface area contributed by atoms with E-state index in [-0.39, 0.29) is 6.61 Å². The lowest BCUT2D eigenvalue weighted by Crippen LogP contribution is -2.37. The van der Waals surface area contributed by atoms with Crippen molar-refractivity contribution in [1.82, 2.24) is 9.55 Å². The first kappa shape index (κ1) is 12.4. The van der Waals surface area contributed by atoms with Gasteiger partial charge in [0.15, 0.2) is 0 Å². The van der Waals surface area contributed by atoms with Gasteiger partial charge in [0.25, 0.3) is 5.56 Å². The maximum Gasteiger partial charge on any atom is 0.329 e. The summed E-state index contributed by atoms with van der Waals surface area (Å²) in [4.78, 5) is 24.5. The highest BCUT2D eigenvalue weighted by molar-refractivity contribution is 8.00. The Labute approximate surface area is 99.7 Å². The second kappa shape index (κ2) is 4.65. The van der Waals surface area contributed by atoms with Crippen molar-refractivity contribution in [3.63, 3.8) is 0 Å². The summed E-state index contributed by atoms with van der Waals surface area (Å²) in [5, 5.41) is 27.1. The van der Waals surface area contributed by atoms with Crippen LogP contribution in [0.4, 0.5) is 0 Å². The summed E-state index contributed by atoms with van der Waals surface area (Å²) in [5.41, 5.74) is -1.18. The molecule has 94 valence electrons. The average molecular weight is 260 g/mol. The second-order valence-corrected chi connectivity index (χ2v) is 5.11. The number of nitrogens with one attached hydrogen (secondary N) is 1. The zero-order valence-corrected chi connectivity index (χ0v) is 9.50. The van der Waals surface area contributed by atoms with Gasteiger partial charge in [0, 0.05) is 12.3 Å². The molecule has 4 atom stereocenters. The largest absolute Gasteiger partial charge is 0.395 e. The number of thioether (sulfide) groups is 1. The Bertz CT molecular complexity index is 513. The average Bonchev–Trinajstić information content (AvgIpc) is 2.57. The molecule has 0 bridgehead atoms. The lowest BCUT2D eigenvalue weighted by molar-refractivity contribution is 0.0101. The van der Waals surface area contributed by atoms with Crippen molar-refractivity contribution in [2.45, 2.75) is 22.8 Å². The summed E-state index contributed by atoms with van der Waals surface area (Å²) in [6.07, 6.45) is -1.01. The topological polar surface area (TPSA) is 116 Å². The predicted octanol–water partition coefficient (Wildman–Crippen LogP) is -2.14. The molecule has 0 aliphatic carbocycles. The zero-order valence-electron chi connectivity index (χ0n) is 8.68. The fourth-order valence-electron chi connectivity index (χ4n) is 1.74. The van der Waals surface area contributed by atoms with Gasteiger partial charge in [-0.2, -0.15) is 0 Å². The van der Waals surface area contributed by atoms with Gasteiger partial charge in [-0.05, 0) is 0 Å². The van der Waals surface area contributed by atoms with Crippen LogP contribution in [0, 0.1) is 0 Å². The molecule has 0 unspecified atom stereocenters. The summed E-state index contributed by atoms with van der Waals surface area (Å²) in [7, 11) is 0. The zero-order chi connectivity index (χ0) is 12.6. The van der Waals surface area contributed by atoms with Gasteiger partial charge in [-0.15, -0.1) is 11.8 Å². The van der Waals surface area contributed by atoms with E-state index in [1.807, 2.05) is 0 Å². The van der Waals surface area contributed by atoms with Gasteiger partial charge >= 0.3 is 5.69 Å². The number of rotatable bonds is 2. The monoisotopic (exact) mass is 260 g/mol. The van der Waals surface area contributed by atoms with Gasteiger partial charge < -0.3 is 15.3 Å². The Hall–Kier alpha value is -1.09. The van der Waals surface area contributed by atoms with Crippen molar-refractivity contribution in [3.05, 3.63) is 33.1 Å². The predicted molar refractivity (Wildman–Crippen MR) is 60.8 cm³/mol. The van der Waals surface area contributed by atoms with Crippen molar-refractivity contribution in [2.75, 3.05) is 6.61 Å². The molecule has 1 saturated heterocycles. The van der Waals surface area contributed by atoms with Gasteiger partial charge in [-0.1, -0.05) is 0 Å². The highest BCUT2D eigenvalue weighted by Crippen LogP contribution is 2.40. The summed E-state index contributed by atoms with van der Waals surface area (Å²) in [6.45, 7) is -0.294. The van der Waals surface area contributed by atoms with Crippen molar-refractivity contribution in [3.8, 4) is 0 Å². The third-order valence-electron chi connectivity index (χ3n) is 2.64. The smallest absolute Gasteiger partial charge is 0.329 e. The quantitative estimate of drug-likeness (QED) is 0.482. The molecule has 1 aliphatic heterocycles. The van der Waals surface area contributed by atoms with Gasteiger partial charge in [0.05, 0.1) is 18.0 Å². The standard InChI is InChI=1S/C9H12N2O5S/c12-3-4-6(14)7(15)8(17-4)11-2-1-5(13)10-9(11)16/h1-2,4,6-8,12,14-15H,3H2,(H,10,13,16)/t4-,6-,7+,8-/m0/s1. The Kier molecular flexibility index (Phi) is 3.38. The molecule has 0 aromatic carbocycles. The Balaban J connectivity index is 2.35. The number of aliphatic hydroxyl groups is 3. The number of aromatic nitrogens is 2. The molecule has 8 heteroatoms. The molecule has 2 heterocycles. The molecule has 2 rings (SSSR count). The molecule has 0 spiro atoms. The van der Waals surface area contributed by atoms with Crippen LogP contribution in [0.25, 0.3) is 0 Å². The number of nitrogens with zero attached hydrogens (tertiary/aromatic N) is 1. The molecule has 0 amide bonds. The fourth-order valence-corrected chi connectivity index (χ4v) is 3.12. The van der Waals surface area contributed by atoms with Crippen LogP contribution in [0.3, 0.4) is 0 Å². The first-order valence-corrected chi connectivity index (χ1v) is 5.93. The van der Waals surface area contributed by atoms with Crippen LogP contribution in [-0.4, -0.2) is 48.9 Å². The third-order valence-corrected chi connectivity index (χ3v) is 4.20. The lowest BCUT2D eigenvalue weighted by Gasteiger charge is -2.17. The van der Waals surface area contributed by atoms with E-state index in [0.717, 1.165) is 22.4 Å². The molecule has 1 aromatic heterocycles. The molecule has 0 radical (unpaired) electrons. The third kappa shape index (κ3) is 2.16. The minimum absolute atomic E-state index is 0.294. The van der Waals surface area contributed by atoms with E-state index >= 15 is 0 Å². The fraction of sp³-hybridized carbons (Fsp3) is 0.556. The highest BCUT2D eigenvalue weighted by atomic mass is 32.2. The van der Waals surface area contributed by atoms with Crippen LogP contribution in [0.15, 0.2) is 21.9 Å². The van der Waals surface area contributed by atoms with E-state index in [0.29, 0.717) is 0 Å². The van der Waals surface area contributed by atoms with Gasteiger partial charge in [-0.3, -0.25) is 14.3 Å². The van der Waals surface area contributed by atoms with Crippen molar-refractivity contribution in [2.24, 2.45) is 0 Å². The highest BCUT2D eigenvalue weighted by Gasteiger charge is 2.43. The Morgan fingerprint density at radius 3 is 2.59 bits per heavy atom. The van der Waals surface area contributed by atoms with Crippen molar-refractivity contribution >= 4 is 11.8 Å². The Morgan fingerprint density at radius 2 is 2.06 bits per heavy atom. The summed E-state index contributed by atoms with van der Waals surface area (Å²) in [6, 6.07) is 1.16. The van der Waals surface area contributed by atoms with E-state index in [2.05, 4.69) is 4.98 Å². The van der Waals surface area contributed by atoms with E-state index < -0.39 is 34.1 Å². The van der Waals surface area contributed by atoms with Crippen molar-refractivity contribution in [1.29, 1.82) is 0 Å². The molecule has 17 heavy (non-hydrogen) atoms. The summed E-state index contributed by atoms with van der Waals surface area (Å²) >= 11 is 1.09. The molecule has 1 fully saturated rings. The van der Waals surface area contributed by atoms with E-state index in [9.17, 15) is 19.8 Å². The first-order chi connectivity index (χ1) is 8.04. The van der Waals surface area contributed by atoms with Gasteiger partial charge in [0.1, 0.15) is 11.5 Å². The number of aromatic amines is 1. The molecular weight excluding hydrogens is 248 g/mol. The number of H-pyrrole nitrogens is 1. The lowest BCUT2D eigenvalue weighted by atomic mass is 10.1. The van der Waals surface area contributed by atoms with Gasteiger partial charge in [0.2, 0.25) is 0 Å². The summed E-state index contributed by atoms with van der Waals surface area (Å²) in [5.74, 6) is 0. The number of hydrogen-bond donors (Lipinski definition) is 4. The van der Waals surface area contributed by atoms with E-state index in [1.165, 1.54) is 6.20 Å². The molecule has 7 nitrogen and oxygen atoms in total. The minimum atomic E-state index is -1.17. The molecule has 1 aliphatic rings. The normalized spacial score (nSPS) is 32.9. The molecule has 4 N–H and O–H groups in total. The van der Waals surface area contributed by atoms with Crippen LogP contribution < -0.4 is 11.2 Å². The summed E-state index contributed by atoms with van der Waals surface area (Å²) < 4.78 is 1.13. The van der Waals surface area contributed by atoms with Crippen molar-refractivity contribution < 1.29 is 15.3 Å². The first-order valence-electron chi connectivity index (χ1n) is 4.98. The van der Waals surface area contributed by atoms with Crippen LogP contribution in [0.1, 0.15) is 5.37 Å². The molecular formula is C9H12N2O5S. The van der Waals surface area contributed by atoms with E-state index in [4.69, 9.17) is 5.11 Å². The maximum absolute atomic E-state index is 11.5. The maximum atomic E-state index is 11.5. The second-order valence-electron chi connectivity index (χ2n) is 3.75. The minimum Gasteiger partial charge on any atom is -0.395 e. The number of hydrogen-bond acceptors (Lipinski definition) is 6. The van der Waals surface area contributed by atoms with Crippen LogP contribution in [-0.2, 0) is 0 Å². The van der Waals surface area contributed by atoms with Crippen LogP contribution >= 0.6 is 11.8 Å². The van der Waals surface area contributed by atoms with Crippen LogP contribution in [0.2, 0.25) is 0 Å². The van der Waals surface area contributed by atoms with E-state index in [1.54, 1.807) is 0 Å². The number of aliphatic hydroxyl groups excluding tert-OH is 3. The molecule has 0 saturated carbocycles. The Morgan fingerprint density at radius 1 is 1.35 bits per heavy atom.